The van der Waals surface area contributed by atoms with Crippen molar-refractivity contribution in [1.82, 2.24) is 24.8 Å². The average molecular weight is 619 g/mol. The summed E-state index contributed by atoms with van der Waals surface area (Å²) in [4.78, 5) is 11.4. The fourth-order valence-electron chi connectivity index (χ4n) is 4.45. The van der Waals surface area contributed by atoms with Crippen LogP contribution in [0.3, 0.4) is 0 Å². The van der Waals surface area contributed by atoms with Gasteiger partial charge in [0, 0.05) is 34.5 Å². The van der Waals surface area contributed by atoms with E-state index < -0.39 is 24.4 Å². The van der Waals surface area contributed by atoms with Crippen LogP contribution in [0.5, 0.6) is 0 Å². The number of rotatable bonds is 10. The van der Waals surface area contributed by atoms with Gasteiger partial charge in [-0.1, -0.05) is 40.5 Å². The van der Waals surface area contributed by atoms with Gasteiger partial charge in [-0.05, 0) is 35.9 Å². The zero-order chi connectivity index (χ0) is 30.0. The van der Waals surface area contributed by atoms with Crippen LogP contribution in [0.1, 0.15) is 28.5 Å². The molecule has 0 fully saturated rings. The van der Waals surface area contributed by atoms with E-state index in [1.165, 1.54) is 46.0 Å². The van der Waals surface area contributed by atoms with Gasteiger partial charge < -0.3 is 10.5 Å². The van der Waals surface area contributed by atoms with E-state index in [0.29, 0.717) is 11.1 Å². The van der Waals surface area contributed by atoms with Crippen molar-refractivity contribution in [3.05, 3.63) is 101 Å². The summed E-state index contributed by atoms with van der Waals surface area (Å²) in [5, 5.41) is 23.0. The summed E-state index contributed by atoms with van der Waals surface area (Å²) in [7, 11) is 0. The molecule has 0 saturated heterocycles. The largest absolute Gasteiger partial charge is 0.366 e. The molecule has 1 atom stereocenters. The van der Waals surface area contributed by atoms with Crippen LogP contribution in [0, 0.1) is 5.82 Å². The third-order valence-electron chi connectivity index (χ3n) is 6.43. The number of hydrogen-bond acceptors (Lipinski definition) is 6. The van der Waals surface area contributed by atoms with Gasteiger partial charge in [-0.2, -0.15) is 13.9 Å². The Morgan fingerprint density at radius 2 is 1.79 bits per heavy atom. The number of nitrogens with zero attached hydrogens (tertiary/aromatic N) is 6. The Bertz CT molecular complexity index is 1750. The lowest BCUT2D eigenvalue weighted by molar-refractivity contribution is -0.910. The number of nitrogens with two attached hydrogens (primary N) is 1. The Labute approximate surface area is 246 Å². The monoisotopic (exact) mass is 618 g/mol. The summed E-state index contributed by atoms with van der Waals surface area (Å²) in [6.07, 6.45) is 5.84. The molecular weight excluding hydrogens is 598 g/mol. The first kappa shape index (κ1) is 29.0. The van der Waals surface area contributed by atoms with Crippen molar-refractivity contribution >= 4 is 29.1 Å². The quantitative estimate of drug-likeness (QED) is 0.166. The summed E-state index contributed by atoms with van der Waals surface area (Å²) in [5.74, 6) is -1.34. The van der Waals surface area contributed by atoms with E-state index in [-0.39, 0.29) is 45.7 Å². The van der Waals surface area contributed by atoms with Crippen molar-refractivity contribution in [2.24, 2.45) is 5.73 Å². The van der Waals surface area contributed by atoms with E-state index >= 15 is 4.39 Å². The number of primary amides is 1. The molecular formula is C27H21Cl2F3N7O3+. The van der Waals surface area contributed by atoms with E-state index in [1.807, 2.05) is 0 Å². The molecule has 0 unspecified atom stereocenters. The van der Waals surface area contributed by atoms with Crippen molar-refractivity contribution in [2.75, 3.05) is 6.61 Å². The number of alkyl halides is 2. The van der Waals surface area contributed by atoms with Crippen molar-refractivity contribution in [3.63, 3.8) is 0 Å². The molecule has 42 heavy (non-hydrogen) atoms. The molecule has 3 N–H and O–H groups in total. The maximum atomic E-state index is 15.3. The zero-order valence-electron chi connectivity index (χ0n) is 21.4. The summed E-state index contributed by atoms with van der Waals surface area (Å²) in [6, 6.07) is 11.7. The first-order valence-electron chi connectivity index (χ1n) is 12.3. The molecule has 0 spiro atoms. The molecule has 0 saturated carbocycles. The zero-order valence-corrected chi connectivity index (χ0v) is 22.9. The Kier molecular flexibility index (Phi) is 8.43. The molecule has 2 aromatic carbocycles. The molecule has 10 nitrogen and oxygen atoms in total. The standard InChI is InChI=1S/C27H20Cl2F3N7O3/c28-19-6-8-22(38-14-23(29)35-36-38)24(25(19)30)17-5-7-21(39(41)13-17)20(9-10-42-27(31)32)37-12-18(11-34-37)15-1-3-16(4-2-15)26(33)40/h1-8,11-14,20,27H,9-10H2,(H2-,33,40,41)/p+1/t20-/m1/s1. The molecule has 5 aromatic rings. The summed E-state index contributed by atoms with van der Waals surface area (Å²) >= 11 is 12.0. The van der Waals surface area contributed by atoms with Gasteiger partial charge in [0.2, 0.25) is 12.1 Å². The number of ether oxygens (including phenoxy) is 1. The average Bonchev–Trinajstić information content (AvgIpc) is 3.62. The number of hydrogen-bond donors (Lipinski definition) is 2. The predicted molar refractivity (Wildman–Crippen MR) is 145 cm³/mol. The van der Waals surface area contributed by atoms with Crippen LogP contribution >= 0.6 is 23.2 Å². The minimum absolute atomic E-state index is 0.000210. The van der Waals surface area contributed by atoms with E-state index in [0.717, 1.165) is 10.3 Å². The Balaban J connectivity index is 1.53. The van der Waals surface area contributed by atoms with Gasteiger partial charge in [-0.15, -0.1) is 5.10 Å². The van der Waals surface area contributed by atoms with Crippen molar-refractivity contribution in [2.45, 2.75) is 19.1 Å². The SMILES string of the molecule is NC(=O)c1ccc(-c2cnn([C@H](CCOC(F)F)c3ccc(-c4c(-n5cc(Cl)nn5)ccc(Cl)c4F)c[n+]3O)c2)cc1. The Morgan fingerprint density at radius 1 is 1.05 bits per heavy atom. The molecule has 1 amide bonds. The molecule has 0 radical (unpaired) electrons. The number of halogens is 5. The van der Waals surface area contributed by atoms with E-state index in [9.17, 15) is 18.8 Å². The fraction of sp³-hybridized carbons (Fsp3) is 0.148. The van der Waals surface area contributed by atoms with Crippen molar-refractivity contribution < 1.29 is 32.6 Å². The highest BCUT2D eigenvalue weighted by Gasteiger charge is 2.28. The lowest BCUT2D eigenvalue weighted by Gasteiger charge is -2.15. The molecule has 0 bridgehead atoms. The molecule has 15 heteroatoms. The van der Waals surface area contributed by atoms with Crippen LogP contribution in [0.25, 0.3) is 27.9 Å². The van der Waals surface area contributed by atoms with Gasteiger partial charge >= 0.3 is 6.61 Å². The lowest BCUT2D eigenvalue weighted by Crippen LogP contribution is -2.38. The van der Waals surface area contributed by atoms with Gasteiger partial charge in [0.25, 0.3) is 5.69 Å². The molecule has 0 aliphatic rings. The third-order valence-corrected chi connectivity index (χ3v) is 6.90. The number of carbonyl (C=O) groups is 1. The second-order valence-electron chi connectivity index (χ2n) is 9.02. The van der Waals surface area contributed by atoms with Crippen LogP contribution in [0.2, 0.25) is 10.2 Å². The third kappa shape index (κ3) is 6.08. The first-order valence-corrected chi connectivity index (χ1v) is 13.0. The molecule has 0 aliphatic heterocycles. The summed E-state index contributed by atoms with van der Waals surface area (Å²) in [6.45, 7) is -3.34. The number of carbonyl (C=O) groups excluding carboxylic acids is 1. The van der Waals surface area contributed by atoms with E-state index in [4.69, 9.17) is 28.9 Å². The minimum atomic E-state index is -2.99. The van der Waals surface area contributed by atoms with Crippen LogP contribution in [-0.4, -0.2) is 49.1 Å². The van der Waals surface area contributed by atoms with Gasteiger partial charge in [0.1, 0.15) is 6.04 Å². The number of amides is 1. The van der Waals surface area contributed by atoms with E-state index in [1.54, 1.807) is 36.7 Å². The van der Waals surface area contributed by atoms with Crippen LogP contribution < -0.4 is 10.5 Å². The summed E-state index contributed by atoms with van der Waals surface area (Å²) < 4.78 is 48.8. The molecule has 0 aliphatic carbocycles. The minimum Gasteiger partial charge on any atom is -0.366 e. The van der Waals surface area contributed by atoms with Crippen LogP contribution in [-0.2, 0) is 4.74 Å². The van der Waals surface area contributed by atoms with Crippen LogP contribution in [0.15, 0.2) is 73.3 Å². The topological polar surface area (TPSA) is 125 Å². The number of pyridine rings is 1. The number of aromatic nitrogens is 6. The van der Waals surface area contributed by atoms with Crippen molar-refractivity contribution in [1.29, 1.82) is 0 Å². The van der Waals surface area contributed by atoms with Crippen LogP contribution in [0.4, 0.5) is 13.2 Å². The molecule has 5 rings (SSSR count). The first-order chi connectivity index (χ1) is 20.1. The second kappa shape index (κ2) is 12.2. The number of benzene rings is 2. The maximum absolute atomic E-state index is 15.3. The normalized spacial score (nSPS) is 12.1. The second-order valence-corrected chi connectivity index (χ2v) is 9.81. The fourth-order valence-corrected chi connectivity index (χ4v) is 4.73. The van der Waals surface area contributed by atoms with Crippen molar-refractivity contribution in [3.8, 4) is 27.9 Å². The maximum Gasteiger partial charge on any atom is 0.345 e. The highest BCUT2D eigenvalue weighted by Crippen LogP contribution is 2.34. The smallest absolute Gasteiger partial charge is 0.345 e. The van der Waals surface area contributed by atoms with Gasteiger partial charge in [-0.3, -0.25) is 14.7 Å². The molecule has 3 heterocycles. The Morgan fingerprint density at radius 3 is 2.43 bits per heavy atom. The lowest BCUT2D eigenvalue weighted by atomic mass is 10.0. The summed E-state index contributed by atoms with van der Waals surface area (Å²) in [5.41, 5.74) is 7.75. The van der Waals surface area contributed by atoms with Gasteiger partial charge in [0.05, 0.1) is 40.8 Å². The van der Waals surface area contributed by atoms with E-state index in [2.05, 4.69) is 20.1 Å². The Hall–Kier alpha value is -4.46. The highest BCUT2D eigenvalue weighted by molar-refractivity contribution is 6.31. The highest BCUT2D eigenvalue weighted by atomic mass is 35.5. The van der Waals surface area contributed by atoms with Gasteiger partial charge in [-0.25, -0.2) is 9.07 Å². The predicted octanol–water partition coefficient (Wildman–Crippen LogP) is 5.09. The van der Waals surface area contributed by atoms with Gasteiger partial charge in [0.15, 0.2) is 11.0 Å². The molecule has 216 valence electrons. The molecule has 3 aromatic heterocycles.